The number of hydrogen-bond donors (Lipinski definition) is 1. The molecule has 1 amide bonds. The van der Waals surface area contributed by atoms with Gasteiger partial charge in [0.15, 0.2) is 0 Å². The van der Waals surface area contributed by atoms with Gasteiger partial charge < -0.3 is 5.32 Å². The van der Waals surface area contributed by atoms with Gasteiger partial charge in [0.2, 0.25) is 0 Å². The highest BCUT2D eigenvalue weighted by Crippen LogP contribution is 2.22. The van der Waals surface area contributed by atoms with Crippen LogP contribution in [0.15, 0.2) is 36.4 Å². The Hall–Kier alpha value is -1.21. The lowest BCUT2D eigenvalue weighted by atomic mass is 10.2. The molecule has 0 aliphatic heterocycles. The summed E-state index contributed by atoms with van der Waals surface area (Å²) in [6.07, 6.45) is 0. The van der Waals surface area contributed by atoms with Crippen molar-refractivity contribution in [2.24, 2.45) is 0 Å². The van der Waals surface area contributed by atoms with Crippen molar-refractivity contribution in [3.63, 3.8) is 0 Å². The average Bonchev–Trinajstić information content (AvgIpc) is 2.38. The Bertz CT molecular complexity index is 649. The molecule has 2 aromatic rings. The average molecular weight is 394 g/mol. The maximum atomic E-state index is 13.3. The summed E-state index contributed by atoms with van der Waals surface area (Å²) in [6.45, 7) is 0. The number of carbonyl (C=O) groups is 1. The molecule has 0 heterocycles. The largest absolute Gasteiger partial charge is 0.321 e. The van der Waals surface area contributed by atoms with Crippen molar-refractivity contribution < 1.29 is 13.6 Å². The summed E-state index contributed by atoms with van der Waals surface area (Å²) < 4.78 is 26.6. The van der Waals surface area contributed by atoms with Gasteiger partial charge in [0, 0.05) is 5.56 Å². The summed E-state index contributed by atoms with van der Waals surface area (Å²) in [5.74, 6) is -1.50. The molecule has 2 aromatic carbocycles. The van der Waals surface area contributed by atoms with Crippen LogP contribution in [0.4, 0.5) is 14.5 Å². The van der Waals surface area contributed by atoms with E-state index in [9.17, 15) is 13.6 Å². The smallest absolute Gasteiger partial charge is 0.255 e. The monoisotopic (exact) mass is 393 g/mol. The van der Waals surface area contributed by atoms with E-state index in [1.807, 2.05) is 0 Å². The summed E-state index contributed by atoms with van der Waals surface area (Å²) in [5, 5.41) is 2.41. The number of carbonyl (C=O) groups excluding carboxylic acids is 1. The molecule has 1 N–H and O–H groups in total. The van der Waals surface area contributed by atoms with Gasteiger partial charge in [-0.1, -0.05) is 17.7 Å². The first-order chi connectivity index (χ1) is 8.99. The van der Waals surface area contributed by atoms with Gasteiger partial charge in [-0.2, -0.15) is 0 Å². The Morgan fingerprint density at radius 3 is 2.58 bits per heavy atom. The molecule has 0 unspecified atom stereocenters. The third kappa shape index (κ3) is 3.22. The molecule has 2 nitrogen and oxygen atoms in total. The van der Waals surface area contributed by atoms with E-state index in [4.69, 9.17) is 11.6 Å². The highest BCUT2D eigenvalue weighted by molar-refractivity contribution is 14.1. The second kappa shape index (κ2) is 5.83. The van der Waals surface area contributed by atoms with Gasteiger partial charge in [-0.15, -0.1) is 0 Å². The summed E-state index contributed by atoms with van der Waals surface area (Å²) in [5.41, 5.74) is 0.553. The minimum absolute atomic E-state index is 0.137. The van der Waals surface area contributed by atoms with Gasteiger partial charge in [0.25, 0.3) is 5.91 Å². The number of halogens is 4. The van der Waals surface area contributed by atoms with E-state index in [2.05, 4.69) is 5.32 Å². The molecule has 0 aliphatic rings. The lowest BCUT2D eigenvalue weighted by Gasteiger charge is -2.08. The Morgan fingerprint density at radius 2 is 1.89 bits per heavy atom. The number of anilines is 1. The zero-order valence-electron chi connectivity index (χ0n) is 9.38. The maximum Gasteiger partial charge on any atom is 0.255 e. The molecule has 0 saturated carbocycles. The predicted molar refractivity (Wildman–Crippen MR) is 78.5 cm³/mol. The zero-order chi connectivity index (χ0) is 14.0. The van der Waals surface area contributed by atoms with Gasteiger partial charge in [0.1, 0.15) is 11.6 Å². The predicted octanol–water partition coefficient (Wildman–Crippen LogP) is 4.48. The zero-order valence-corrected chi connectivity index (χ0v) is 12.3. The number of rotatable bonds is 2. The molecule has 98 valence electrons. The van der Waals surface area contributed by atoms with E-state index < -0.39 is 17.5 Å². The van der Waals surface area contributed by atoms with Gasteiger partial charge in [0.05, 0.1) is 14.3 Å². The number of benzene rings is 2. The van der Waals surface area contributed by atoms with Gasteiger partial charge in [-0.25, -0.2) is 8.78 Å². The molecular formula is C13H7ClF2INO. The van der Waals surface area contributed by atoms with Crippen LogP contribution in [-0.4, -0.2) is 5.91 Å². The fourth-order valence-corrected chi connectivity index (χ4v) is 2.11. The number of nitrogens with one attached hydrogen (secondary N) is 1. The van der Waals surface area contributed by atoms with Gasteiger partial charge in [-0.3, -0.25) is 4.79 Å². The fourth-order valence-electron chi connectivity index (χ4n) is 1.43. The van der Waals surface area contributed by atoms with Crippen LogP contribution in [0.3, 0.4) is 0 Å². The van der Waals surface area contributed by atoms with Gasteiger partial charge >= 0.3 is 0 Å². The van der Waals surface area contributed by atoms with E-state index in [0.717, 1.165) is 6.07 Å². The SMILES string of the molecule is O=C(Nc1cccc(F)c1I)c1ccc(F)c(Cl)c1. The first-order valence-electron chi connectivity index (χ1n) is 5.19. The second-order valence-electron chi connectivity index (χ2n) is 3.68. The van der Waals surface area contributed by atoms with Crippen molar-refractivity contribution in [2.75, 3.05) is 5.32 Å². The Balaban J connectivity index is 2.26. The van der Waals surface area contributed by atoms with E-state index in [1.54, 1.807) is 28.7 Å². The Kier molecular flexibility index (Phi) is 4.36. The minimum Gasteiger partial charge on any atom is -0.321 e. The molecule has 6 heteroatoms. The molecule has 0 saturated heterocycles. The molecule has 19 heavy (non-hydrogen) atoms. The molecule has 0 atom stereocenters. The number of hydrogen-bond acceptors (Lipinski definition) is 1. The van der Waals surface area contributed by atoms with Crippen LogP contribution in [0.2, 0.25) is 5.02 Å². The molecule has 0 bridgehead atoms. The highest BCUT2D eigenvalue weighted by Gasteiger charge is 2.12. The van der Waals surface area contributed by atoms with Crippen molar-refractivity contribution in [3.05, 3.63) is 62.2 Å². The number of amides is 1. The molecule has 0 aromatic heterocycles. The third-order valence-corrected chi connectivity index (χ3v) is 3.77. The highest BCUT2D eigenvalue weighted by atomic mass is 127. The first-order valence-corrected chi connectivity index (χ1v) is 6.65. The van der Waals surface area contributed by atoms with E-state index in [0.29, 0.717) is 9.26 Å². The van der Waals surface area contributed by atoms with Crippen molar-refractivity contribution in [2.45, 2.75) is 0 Å². The Labute approximate surface area is 126 Å². The van der Waals surface area contributed by atoms with Crippen LogP contribution in [0, 0.1) is 15.2 Å². The molecule has 0 spiro atoms. The van der Waals surface area contributed by atoms with Crippen LogP contribution in [0.5, 0.6) is 0 Å². The van der Waals surface area contributed by atoms with Crippen LogP contribution >= 0.6 is 34.2 Å². The van der Waals surface area contributed by atoms with E-state index in [1.165, 1.54) is 24.3 Å². The van der Waals surface area contributed by atoms with Crippen LogP contribution in [-0.2, 0) is 0 Å². The maximum absolute atomic E-state index is 13.3. The molecule has 2 rings (SSSR count). The second-order valence-corrected chi connectivity index (χ2v) is 5.17. The third-order valence-electron chi connectivity index (χ3n) is 2.38. The summed E-state index contributed by atoms with van der Waals surface area (Å²) in [6, 6.07) is 8.00. The topological polar surface area (TPSA) is 29.1 Å². The molecule has 0 fully saturated rings. The normalized spacial score (nSPS) is 10.3. The summed E-state index contributed by atoms with van der Waals surface area (Å²) in [4.78, 5) is 11.9. The Morgan fingerprint density at radius 1 is 1.16 bits per heavy atom. The van der Waals surface area contributed by atoms with Crippen molar-refractivity contribution >= 4 is 45.8 Å². The quantitative estimate of drug-likeness (QED) is 0.749. The lowest BCUT2D eigenvalue weighted by molar-refractivity contribution is 0.102. The molecule has 0 radical (unpaired) electrons. The first kappa shape index (κ1) is 14.2. The summed E-state index contributed by atoms with van der Waals surface area (Å²) >= 11 is 7.39. The van der Waals surface area contributed by atoms with E-state index in [-0.39, 0.29) is 10.6 Å². The van der Waals surface area contributed by atoms with Gasteiger partial charge in [-0.05, 0) is 52.9 Å². The van der Waals surface area contributed by atoms with Crippen LogP contribution in [0.1, 0.15) is 10.4 Å². The van der Waals surface area contributed by atoms with Crippen molar-refractivity contribution in [3.8, 4) is 0 Å². The lowest BCUT2D eigenvalue weighted by Crippen LogP contribution is -2.13. The van der Waals surface area contributed by atoms with E-state index >= 15 is 0 Å². The standard InChI is InChI=1S/C13H7ClF2INO/c14-8-6-7(4-5-9(8)15)13(19)18-11-3-1-2-10(16)12(11)17/h1-6H,(H,18,19). The van der Waals surface area contributed by atoms with Crippen molar-refractivity contribution in [1.29, 1.82) is 0 Å². The fraction of sp³-hybridized carbons (Fsp3) is 0. The van der Waals surface area contributed by atoms with Crippen LogP contribution < -0.4 is 5.32 Å². The minimum atomic E-state index is -0.599. The van der Waals surface area contributed by atoms with Crippen LogP contribution in [0.25, 0.3) is 0 Å². The summed E-state index contributed by atoms with van der Waals surface area (Å²) in [7, 11) is 0. The van der Waals surface area contributed by atoms with Crippen molar-refractivity contribution in [1.82, 2.24) is 0 Å². The molecular weight excluding hydrogens is 387 g/mol. The molecule has 0 aliphatic carbocycles.